The van der Waals surface area contributed by atoms with Crippen molar-refractivity contribution in [2.24, 2.45) is 4.40 Å². The Labute approximate surface area is 177 Å². The van der Waals surface area contributed by atoms with Crippen molar-refractivity contribution >= 4 is 39.1 Å². The van der Waals surface area contributed by atoms with Crippen LogP contribution in [0.15, 0.2) is 45.7 Å². The molecule has 2 heterocycles. The number of hydrogen-bond donors (Lipinski definition) is 1. The van der Waals surface area contributed by atoms with Gasteiger partial charge in [-0.2, -0.15) is 8.42 Å². The zero-order valence-electron chi connectivity index (χ0n) is 15.6. The lowest BCUT2D eigenvalue weighted by atomic mass is 10.1. The molecule has 0 radical (unpaired) electrons. The van der Waals surface area contributed by atoms with Crippen molar-refractivity contribution in [2.45, 2.75) is 4.90 Å². The molecule has 2 aliphatic heterocycles. The van der Waals surface area contributed by atoms with E-state index in [4.69, 9.17) is 11.6 Å². The molecule has 0 bridgehead atoms. The Bertz CT molecular complexity index is 1150. The monoisotopic (exact) mass is 454 g/mol. The summed E-state index contributed by atoms with van der Waals surface area (Å²) in [5.41, 5.74) is 0.231. The number of halogens is 3. The van der Waals surface area contributed by atoms with Gasteiger partial charge in [-0.05, 0) is 30.3 Å². The number of piperazine rings is 1. The minimum atomic E-state index is -3.86. The second-order valence-electron chi connectivity index (χ2n) is 6.97. The number of hydrogen-bond acceptors (Lipinski definition) is 5. The van der Waals surface area contributed by atoms with Gasteiger partial charge >= 0.3 is 0 Å². The normalized spacial score (nSPS) is 18.4. The largest absolute Gasteiger partial charge is 0.341 e. The van der Waals surface area contributed by atoms with Crippen molar-refractivity contribution in [1.82, 2.24) is 9.80 Å². The third-order valence-corrected chi connectivity index (χ3v) is 6.51. The molecule has 7 nitrogen and oxygen atoms in total. The summed E-state index contributed by atoms with van der Waals surface area (Å²) < 4.78 is 55.6. The average molecular weight is 455 g/mol. The van der Waals surface area contributed by atoms with Crippen LogP contribution >= 0.6 is 11.6 Å². The van der Waals surface area contributed by atoms with Gasteiger partial charge in [-0.15, -0.1) is 4.40 Å². The molecular weight excluding hydrogens is 438 g/mol. The molecule has 0 aromatic heterocycles. The predicted octanol–water partition coefficient (Wildman–Crippen LogP) is 2.59. The fourth-order valence-corrected chi connectivity index (χ4v) is 4.81. The SMILES string of the molecule is O=C(c1ccc(F)cc1F)N1CCN(CC2=NS(=O)(=O)c3cc(Cl)ccc3N2)CC1. The average Bonchev–Trinajstić information content (AvgIpc) is 2.68. The maximum atomic E-state index is 13.9. The van der Waals surface area contributed by atoms with E-state index < -0.39 is 27.6 Å². The second kappa shape index (κ2) is 7.93. The van der Waals surface area contributed by atoms with Gasteiger partial charge in [-0.3, -0.25) is 9.69 Å². The summed E-state index contributed by atoms with van der Waals surface area (Å²) in [6.07, 6.45) is 0. The molecule has 30 heavy (non-hydrogen) atoms. The van der Waals surface area contributed by atoms with E-state index in [0.717, 1.165) is 12.1 Å². The highest BCUT2D eigenvalue weighted by Gasteiger charge is 2.28. The van der Waals surface area contributed by atoms with Crippen LogP contribution in [0, 0.1) is 11.6 Å². The quantitative estimate of drug-likeness (QED) is 0.771. The number of carbonyl (C=O) groups is 1. The zero-order valence-corrected chi connectivity index (χ0v) is 17.2. The molecule has 1 amide bonds. The number of anilines is 1. The number of nitrogens with zero attached hydrogens (tertiary/aromatic N) is 3. The first-order valence-electron chi connectivity index (χ1n) is 9.10. The van der Waals surface area contributed by atoms with Crippen LogP contribution in [0.5, 0.6) is 0 Å². The van der Waals surface area contributed by atoms with E-state index in [1.807, 2.05) is 4.90 Å². The van der Waals surface area contributed by atoms with Gasteiger partial charge in [-0.25, -0.2) is 8.78 Å². The molecule has 1 N–H and O–H groups in total. The Morgan fingerprint density at radius 1 is 1.10 bits per heavy atom. The van der Waals surface area contributed by atoms with Gasteiger partial charge in [0.2, 0.25) is 0 Å². The van der Waals surface area contributed by atoms with Crippen LogP contribution in [0.3, 0.4) is 0 Å². The van der Waals surface area contributed by atoms with Gasteiger partial charge in [0.05, 0.1) is 17.8 Å². The van der Waals surface area contributed by atoms with Crippen molar-refractivity contribution in [2.75, 3.05) is 38.0 Å². The standard InChI is InChI=1S/C19H17ClF2N4O3S/c20-12-1-4-16-17(9-12)30(28,29)24-18(23-16)11-25-5-7-26(8-6-25)19(27)14-3-2-13(21)10-15(14)22/h1-4,9-10H,5-8,11H2,(H,23,24). The van der Waals surface area contributed by atoms with Crippen LogP contribution in [-0.2, 0) is 10.0 Å². The van der Waals surface area contributed by atoms with Crippen LogP contribution in [0.25, 0.3) is 0 Å². The Balaban J connectivity index is 1.40. The van der Waals surface area contributed by atoms with Gasteiger partial charge in [0.1, 0.15) is 22.4 Å². The number of rotatable bonds is 3. The number of amides is 1. The molecule has 2 aliphatic rings. The van der Waals surface area contributed by atoms with E-state index >= 15 is 0 Å². The summed E-state index contributed by atoms with van der Waals surface area (Å²) in [5, 5.41) is 3.31. The Hall–Kier alpha value is -2.56. The van der Waals surface area contributed by atoms with Gasteiger partial charge in [-0.1, -0.05) is 11.6 Å². The fraction of sp³-hybridized carbons (Fsp3) is 0.263. The first-order valence-corrected chi connectivity index (χ1v) is 10.9. The smallest absolute Gasteiger partial charge is 0.286 e. The molecule has 0 aliphatic carbocycles. The van der Waals surface area contributed by atoms with E-state index in [9.17, 15) is 22.0 Å². The Morgan fingerprint density at radius 3 is 2.53 bits per heavy atom. The van der Waals surface area contributed by atoms with Crippen LogP contribution < -0.4 is 5.32 Å². The number of carbonyl (C=O) groups excluding carboxylic acids is 1. The molecule has 1 saturated heterocycles. The molecule has 11 heteroatoms. The van der Waals surface area contributed by atoms with Crippen molar-refractivity contribution in [3.8, 4) is 0 Å². The highest BCUT2D eigenvalue weighted by molar-refractivity contribution is 7.90. The van der Waals surface area contributed by atoms with Crippen LogP contribution in [0.4, 0.5) is 14.5 Å². The molecule has 1 fully saturated rings. The summed E-state index contributed by atoms with van der Waals surface area (Å²) in [5.74, 6) is -1.87. The number of nitrogens with one attached hydrogen (secondary N) is 1. The van der Waals surface area contributed by atoms with Gasteiger partial charge in [0, 0.05) is 37.3 Å². The minimum Gasteiger partial charge on any atom is -0.341 e. The van der Waals surface area contributed by atoms with E-state index in [-0.39, 0.29) is 22.8 Å². The van der Waals surface area contributed by atoms with Gasteiger partial charge in [0.25, 0.3) is 15.9 Å². The molecule has 2 aromatic rings. The summed E-state index contributed by atoms with van der Waals surface area (Å²) in [7, 11) is -3.86. The second-order valence-corrected chi connectivity index (χ2v) is 8.98. The van der Waals surface area contributed by atoms with Gasteiger partial charge in [0.15, 0.2) is 0 Å². The van der Waals surface area contributed by atoms with Gasteiger partial charge < -0.3 is 10.2 Å². The highest BCUT2D eigenvalue weighted by Crippen LogP contribution is 2.30. The van der Waals surface area contributed by atoms with Crippen molar-refractivity contribution in [3.05, 3.63) is 58.6 Å². The Kier molecular flexibility index (Phi) is 5.48. The topological polar surface area (TPSA) is 82.1 Å². The van der Waals surface area contributed by atoms with E-state index in [1.165, 1.54) is 11.0 Å². The first-order chi connectivity index (χ1) is 14.2. The first kappa shape index (κ1) is 20.7. The maximum Gasteiger partial charge on any atom is 0.286 e. The zero-order chi connectivity index (χ0) is 21.5. The predicted molar refractivity (Wildman–Crippen MR) is 108 cm³/mol. The van der Waals surface area contributed by atoms with E-state index in [1.54, 1.807) is 12.1 Å². The Morgan fingerprint density at radius 2 is 1.83 bits per heavy atom. The molecule has 0 saturated carbocycles. The van der Waals surface area contributed by atoms with E-state index in [2.05, 4.69) is 9.71 Å². The van der Waals surface area contributed by atoms with E-state index in [0.29, 0.717) is 43.0 Å². The van der Waals surface area contributed by atoms with Crippen molar-refractivity contribution < 1.29 is 22.0 Å². The lowest BCUT2D eigenvalue weighted by Crippen LogP contribution is -2.50. The number of amidine groups is 1. The van der Waals surface area contributed by atoms with Crippen LogP contribution in [-0.4, -0.2) is 62.7 Å². The lowest BCUT2D eigenvalue weighted by Gasteiger charge is -2.35. The summed E-state index contributed by atoms with van der Waals surface area (Å²) in [6.45, 7) is 1.78. The van der Waals surface area contributed by atoms with Crippen LogP contribution in [0.2, 0.25) is 5.02 Å². The molecule has 0 unspecified atom stereocenters. The third-order valence-electron chi connectivity index (χ3n) is 4.93. The van der Waals surface area contributed by atoms with Crippen molar-refractivity contribution in [1.29, 1.82) is 0 Å². The summed E-state index contributed by atoms with van der Waals surface area (Å²) >= 11 is 5.87. The lowest BCUT2D eigenvalue weighted by molar-refractivity contribution is 0.0649. The molecule has 4 rings (SSSR count). The molecule has 0 atom stereocenters. The highest BCUT2D eigenvalue weighted by atomic mass is 35.5. The molecular formula is C19H17ClF2N4O3S. The third kappa shape index (κ3) is 4.16. The molecule has 158 valence electrons. The maximum absolute atomic E-state index is 13.9. The summed E-state index contributed by atoms with van der Waals surface area (Å²) in [4.78, 5) is 15.9. The number of fused-ring (bicyclic) bond motifs is 1. The molecule has 2 aromatic carbocycles. The fourth-order valence-electron chi connectivity index (χ4n) is 3.41. The summed E-state index contributed by atoms with van der Waals surface area (Å²) in [6, 6.07) is 7.38. The minimum absolute atomic E-state index is 0.0236. The number of sulfonamides is 1. The molecule has 0 spiro atoms. The number of benzene rings is 2. The van der Waals surface area contributed by atoms with Crippen LogP contribution in [0.1, 0.15) is 10.4 Å². The van der Waals surface area contributed by atoms with Crippen molar-refractivity contribution in [3.63, 3.8) is 0 Å².